The molecule has 1 aliphatic rings. The van der Waals surface area contributed by atoms with Crippen LogP contribution in [0.1, 0.15) is 41.9 Å². The summed E-state index contributed by atoms with van der Waals surface area (Å²) in [5, 5.41) is 16.3. The number of carbonyl (C=O) groups is 1. The lowest BCUT2D eigenvalue weighted by Gasteiger charge is -2.26. The third-order valence-electron chi connectivity index (χ3n) is 3.95. The third-order valence-corrected chi connectivity index (χ3v) is 3.95. The normalized spacial score (nSPS) is 21.5. The van der Waals surface area contributed by atoms with E-state index in [9.17, 15) is 9.90 Å². The van der Waals surface area contributed by atoms with Crippen molar-refractivity contribution in [3.63, 3.8) is 0 Å². The molecule has 0 aliphatic heterocycles. The van der Waals surface area contributed by atoms with E-state index in [2.05, 4.69) is 15.5 Å². The number of hydrogen-bond donors (Lipinski definition) is 2. The molecule has 1 aromatic carbocycles. The van der Waals surface area contributed by atoms with Gasteiger partial charge in [0, 0.05) is 17.2 Å². The fourth-order valence-electron chi connectivity index (χ4n) is 2.67. The maximum Gasteiger partial charge on any atom is 0.257 e. The van der Waals surface area contributed by atoms with Crippen LogP contribution in [0.25, 0.3) is 11.5 Å². The minimum atomic E-state index is -0.217. The highest BCUT2D eigenvalue weighted by molar-refractivity contribution is 5.94. The Labute approximate surface area is 128 Å². The van der Waals surface area contributed by atoms with E-state index in [1.54, 1.807) is 31.2 Å². The van der Waals surface area contributed by atoms with E-state index < -0.39 is 0 Å². The van der Waals surface area contributed by atoms with Gasteiger partial charge in [-0.3, -0.25) is 4.79 Å². The van der Waals surface area contributed by atoms with Gasteiger partial charge in [-0.25, -0.2) is 0 Å². The maximum absolute atomic E-state index is 12.2. The van der Waals surface area contributed by atoms with E-state index >= 15 is 0 Å². The van der Waals surface area contributed by atoms with Crippen LogP contribution in [-0.4, -0.2) is 33.3 Å². The van der Waals surface area contributed by atoms with Crippen LogP contribution in [0.4, 0.5) is 0 Å². The van der Waals surface area contributed by atoms with Gasteiger partial charge in [0.15, 0.2) is 5.82 Å². The molecular weight excluding hydrogens is 282 g/mol. The van der Waals surface area contributed by atoms with Crippen molar-refractivity contribution in [3.05, 3.63) is 35.7 Å². The molecule has 1 aliphatic carbocycles. The molecular formula is C16H19N3O3. The van der Waals surface area contributed by atoms with Crippen molar-refractivity contribution in [2.75, 3.05) is 0 Å². The number of nitrogens with one attached hydrogen (secondary N) is 1. The highest BCUT2D eigenvalue weighted by Crippen LogP contribution is 2.20. The van der Waals surface area contributed by atoms with Crippen LogP contribution in [0.5, 0.6) is 0 Å². The summed E-state index contributed by atoms with van der Waals surface area (Å²) in [6.45, 7) is 1.76. The number of amides is 1. The fraction of sp³-hybridized carbons (Fsp3) is 0.438. The summed E-state index contributed by atoms with van der Waals surface area (Å²) >= 11 is 0. The average molecular weight is 301 g/mol. The lowest BCUT2D eigenvalue weighted by molar-refractivity contribution is 0.0867. The topological polar surface area (TPSA) is 88.2 Å². The number of aryl methyl sites for hydroxylation is 1. The van der Waals surface area contributed by atoms with E-state index in [1.165, 1.54) is 0 Å². The number of carbonyl (C=O) groups excluding carboxylic acids is 1. The van der Waals surface area contributed by atoms with E-state index in [4.69, 9.17) is 4.52 Å². The average Bonchev–Trinajstić information content (AvgIpc) is 2.96. The Balaban J connectivity index is 1.63. The van der Waals surface area contributed by atoms with Crippen LogP contribution in [-0.2, 0) is 0 Å². The van der Waals surface area contributed by atoms with Crippen LogP contribution in [0.2, 0.25) is 0 Å². The van der Waals surface area contributed by atoms with E-state index in [0.717, 1.165) is 31.2 Å². The first-order chi connectivity index (χ1) is 10.6. The summed E-state index contributed by atoms with van der Waals surface area (Å²) in [5.41, 5.74) is 1.39. The first kappa shape index (κ1) is 14.7. The quantitative estimate of drug-likeness (QED) is 0.906. The summed E-state index contributed by atoms with van der Waals surface area (Å²) in [6.07, 6.45) is 2.93. The molecule has 1 fully saturated rings. The molecule has 0 spiro atoms. The number of nitrogens with zero attached hydrogens (tertiary/aromatic N) is 2. The number of aliphatic hydroxyl groups is 1. The molecule has 0 radical (unpaired) electrons. The summed E-state index contributed by atoms with van der Waals surface area (Å²) in [7, 11) is 0. The van der Waals surface area contributed by atoms with Gasteiger partial charge >= 0.3 is 0 Å². The molecule has 2 aromatic rings. The molecule has 3 rings (SSSR count). The molecule has 1 heterocycles. The largest absolute Gasteiger partial charge is 0.393 e. The SMILES string of the molecule is Cc1noc(-c2ccc(C(=O)NC3CCC(O)CC3)cc2)n1. The zero-order valence-corrected chi connectivity index (χ0v) is 12.5. The second-order valence-corrected chi connectivity index (χ2v) is 5.70. The molecule has 1 saturated carbocycles. The first-order valence-corrected chi connectivity index (χ1v) is 7.51. The van der Waals surface area contributed by atoms with Crippen molar-refractivity contribution in [1.82, 2.24) is 15.5 Å². The monoisotopic (exact) mass is 301 g/mol. The van der Waals surface area contributed by atoms with Gasteiger partial charge in [0.05, 0.1) is 6.10 Å². The minimum Gasteiger partial charge on any atom is -0.393 e. The first-order valence-electron chi connectivity index (χ1n) is 7.51. The summed E-state index contributed by atoms with van der Waals surface area (Å²) in [4.78, 5) is 16.4. The highest BCUT2D eigenvalue weighted by atomic mass is 16.5. The van der Waals surface area contributed by atoms with Crippen LogP contribution >= 0.6 is 0 Å². The molecule has 0 unspecified atom stereocenters. The van der Waals surface area contributed by atoms with Gasteiger partial charge in [-0.1, -0.05) is 5.16 Å². The zero-order chi connectivity index (χ0) is 15.5. The fourth-order valence-corrected chi connectivity index (χ4v) is 2.67. The van der Waals surface area contributed by atoms with Gasteiger partial charge in [-0.05, 0) is 56.9 Å². The Morgan fingerprint density at radius 1 is 1.23 bits per heavy atom. The smallest absolute Gasteiger partial charge is 0.257 e. The minimum absolute atomic E-state index is 0.0883. The Morgan fingerprint density at radius 3 is 2.50 bits per heavy atom. The molecule has 2 N–H and O–H groups in total. The van der Waals surface area contributed by atoms with Gasteiger partial charge in [-0.2, -0.15) is 4.98 Å². The van der Waals surface area contributed by atoms with E-state index in [-0.39, 0.29) is 18.1 Å². The van der Waals surface area contributed by atoms with Crippen molar-refractivity contribution in [1.29, 1.82) is 0 Å². The lowest BCUT2D eigenvalue weighted by Crippen LogP contribution is -2.38. The summed E-state index contributed by atoms with van der Waals surface area (Å²) in [6, 6.07) is 7.25. The van der Waals surface area contributed by atoms with Crippen LogP contribution in [0, 0.1) is 6.92 Å². The third kappa shape index (κ3) is 3.33. The standard InChI is InChI=1S/C16H19N3O3/c1-10-17-16(22-19-10)12-4-2-11(3-5-12)15(21)18-13-6-8-14(20)9-7-13/h2-5,13-14,20H,6-9H2,1H3,(H,18,21). The highest BCUT2D eigenvalue weighted by Gasteiger charge is 2.21. The van der Waals surface area contributed by atoms with Gasteiger partial charge in [-0.15, -0.1) is 0 Å². The van der Waals surface area contributed by atoms with Crippen LogP contribution < -0.4 is 5.32 Å². The van der Waals surface area contributed by atoms with Crippen LogP contribution in [0.15, 0.2) is 28.8 Å². The van der Waals surface area contributed by atoms with Gasteiger partial charge < -0.3 is 14.9 Å². The van der Waals surface area contributed by atoms with E-state index in [1.807, 2.05) is 0 Å². The van der Waals surface area contributed by atoms with Crippen molar-refractivity contribution in [2.24, 2.45) is 0 Å². The molecule has 6 heteroatoms. The second-order valence-electron chi connectivity index (χ2n) is 5.70. The molecule has 0 saturated heterocycles. The Hall–Kier alpha value is -2.21. The van der Waals surface area contributed by atoms with Crippen LogP contribution in [0.3, 0.4) is 0 Å². The number of benzene rings is 1. The molecule has 1 aromatic heterocycles. The Morgan fingerprint density at radius 2 is 1.91 bits per heavy atom. The predicted molar refractivity (Wildman–Crippen MR) is 80.2 cm³/mol. The lowest BCUT2D eigenvalue weighted by atomic mass is 9.93. The Bertz CT molecular complexity index is 643. The molecule has 116 valence electrons. The molecule has 0 bridgehead atoms. The number of aliphatic hydroxyl groups excluding tert-OH is 1. The van der Waals surface area contributed by atoms with E-state index in [0.29, 0.717) is 17.3 Å². The molecule has 1 amide bonds. The van der Waals surface area contributed by atoms with Gasteiger partial charge in [0.1, 0.15) is 0 Å². The Kier molecular flexibility index (Phi) is 4.20. The molecule has 0 atom stereocenters. The zero-order valence-electron chi connectivity index (χ0n) is 12.5. The maximum atomic E-state index is 12.2. The number of rotatable bonds is 3. The summed E-state index contributed by atoms with van der Waals surface area (Å²) < 4.78 is 5.10. The van der Waals surface area contributed by atoms with Crippen molar-refractivity contribution in [3.8, 4) is 11.5 Å². The predicted octanol–water partition coefficient (Wildman–Crippen LogP) is 2.08. The van der Waals surface area contributed by atoms with Crippen molar-refractivity contribution >= 4 is 5.91 Å². The second kappa shape index (κ2) is 6.27. The van der Waals surface area contributed by atoms with Gasteiger partial charge in [0.2, 0.25) is 0 Å². The summed E-state index contributed by atoms with van der Waals surface area (Å²) in [5.74, 6) is 0.941. The van der Waals surface area contributed by atoms with Crippen molar-refractivity contribution < 1.29 is 14.4 Å². The number of aromatic nitrogens is 2. The van der Waals surface area contributed by atoms with Crippen molar-refractivity contribution in [2.45, 2.75) is 44.8 Å². The molecule has 6 nitrogen and oxygen atoms in total. The van der Waals surface area contributed by atoms with Gasteiger partial charge in [0.25, 0.3) is 11.8 Å². The molecule has 22 heavy (non-hydrogen) atoms. The number of hydrogen-bond acceptors (Lipinski definition) is 5.